The lowest BCUT2D eigenvalue weighted by molar-refractivity contribution is -0.0618. The van der Waals surface area contributed by atoms with Gasteiger partial charge in [-0.2, -0.15) is 0 Å². The van der Waals surface area contributed by atoms with Crippen molar-refractivity contribution in [2.75, 3.05) is 20.6 Å². The molecule has 0 aromatic heterocycles. The molecule has 0 radical (unpaired) electrons. The van der Waals surface area contributed by atoms with E-state index < -0.39 is 11.4 Å². The first-order valence-electron chi connectivity index (χ1n) is 6.76. The Balaban J connectivity index is 2.33. The van der Waals surface area contributed by atoms with Crippen LogP contribution in [0.2, 0.25) is 5.02 Å². The van der Waals surface area contributed by atoms with Gasteiger partial charge in [-0.3, -0.25) is 0 Å². The van der Waals surface area contributed by atoms with Gasteiger partial charge < -0.3 is 10.0 Å². The summed E-state index contributed by atoms with van der Waals surface area (Å²) in [6.07, 6.45) is 3.84. The van der Waals surface area contributed by atoms with E-state index in [1.54, 1.807) is 12.1 Å². The fraction of sp³-hybridized carbons (Fsp3) is 0.600. The van der Waals surface area contributed by atoms with E-state index in [0.717, 1.165) is 31.4 Å². The van der Waals surface area contributed by atoms with E-state index in [9.17, 15) is 9.50 Å². The monoisotopic (exact) mass is 285 g/mol. The standard InChI is InChI=1S/C15H21ClFNO/c1-18(2)10-12-5-3-4-8-15(12,19)11-6-7-14(17)13(16)9-11/h6-7,9,12,19H,3-5,8,10H2,1-2H3/t12-,15+/m0/s1. The van der Waals surface area contributed by atoms with Crippen molar-refractivity contribution in [2.24, 2.45) is 5.92 Å². The zero-order valence-electron chi connectivity index (χ0n) is 11.5. The Morgan fingerprint density at radius 2 is 2.16 bits per heavy atom. The summed E-state index contributed by atoms with van der Waals surface area (Å²) in [5.41, 5.74) is -0.148. The Morgan fingerprint density at radius 3 is 2.79 bits per heavy atom. The van der Waals surface area contributed by atoms with E-state index in [-0.39, 0.29) is 10.9 Å². The fourth-order valence-electron chi connectivity index (χ4n) is 3.06. The molecule has 1 fully saturated rings. The highest BCUT2D eigenvalue weighted by atomic mass is 35.5. The minimum atomic E-state index is -0.889. The topological polar surface area (TPSA) is 23.5 Å². The predicted molar refractivity (Wildman–Crippen MR) is 75.8 cm³/mol. The lowest BCUT2D eigenvalue weighted by Gasteiger charge is -2.41. The van der Waals surface area contributed by atoms with Crippen LogP contribution in [0.15, 0.2) is 18.2 Å². The highest BCUT2D eigenvalue weighted by Gasteiger charge is 2.40. The molecule has 0 aliphatic heterocycles. The maximum absolute atomic E-state index is 13.3. The van der Waals surface area contributed by atoms with Crippen LogP contribution in [0.1, 0.15) is 31.2 Å². The molecule has 1 aliphatic carbocycles. The van der Waals surface area contributed by atoms with E-state index in [1.165, 1.54) is 6.07 Å². The lowest BCUT2D eigenvalue weighted by Crippen LogP contribution is -2.43. The summed E-state index contributed by atoms with van der Waals surface area (Å²) >= 11 is 5.85. The first kappa shape index (κ1) is 14.8. The van der Waals surface area contributed by atoms with E-state index >= 15 is 0 Å². The second kappa shape index (κ2) is 5.78. The van der Waals surface area contributed by atoms with Gasteiger partial charge in [0, 0.05) is 12.5 Å². The summed E-state index contributed by atoms with van der Waals surface area (Å²) in [7, 11) is 4.01. The van der Waals surface area contributed by atoms with Crippen LogP contribution in [-0.4, -0.2) is 30.6 Å². The summed E-state index contributed by atoms with van der Waals surface area (Å²) in [4.78, 5) is 2.09. The van der Waals surface area contributed by atoms with Gasteiger partial charge in [0.15, 0.2) is 0 Å². The molecular formula is C15H21ClFNO. The number of hydrogen-bond acceptors (Lipinski definition) is 2. The third kappa shape index (κ3) is 3.10. The number of aliphatic hydroxyl groups is 1. The van der Waals surface area contributed by atoms with Crippen molar-refractivity contribution in [3.05, 3.63) is 34.6 Å². The molecule has 0 bridgehead atoms. The van der Waals surface area contributed by atoms with Gasteiger partial charge in [-0.25, -0.2) is 4.39 Å². The van der Waals surface area contributed by atoms with Crippen LogP contribution in [0.5, 0.6) is 0 Å². The van der Waals surface area contributed by atoms with Crippen molar-refractivity contribution in [1.82, 2.24) is 4.90 Å². The SMILES string of the molecule is CN(C)C[C@@H]1CCCC[C@@]1(O)c1ccc(F)c(Cl)c1. The Labute approximate surface area is 119 Å². The molecular weight excluding hydrogens is 265 g/mol. The average Bonchev–Trinajstić information content (AvgIpc) is 2.35. The Bertz CT molecular complexity index is 452. The zero-order chi connectivity index (χ0) is 14.0. The van der Waals surface area contributed by atoms with Crippen molar-refractivity contribution >= 4 is 11.6 Å². The molecule has 0 unspecified atom stereocenters. The molecule has 0 amide bonds. The minimum absolute atomic E-state index is 0.0834. The molecule has 4 heteroatoms. The maximum Gasteiger partial charge on any atom is 0.141 e. The van der Waals surface area contributed by atoms with Gasteiger partial charge >= 0.3 is 0 Å². The maximum atomic E-state index is 13.3. The van der Waals surface area contributed by atoms with Gasteiger partial charge in [0.05, 0.1) is 10.6 Å². The van der Waals surface area contributed by atoms with Crippen molar-refractivity contribution in [2.45, 2.75) is 31.3 Å². The van der Waals surface area contributed by atoms with Crippen LogP contribution in [0.4, 0.5) is 4.39 Å². The second-order valence-electron chi connectivity index (χ2n) is 5.76. The van der Waals surface area contributed by atoms with Crippen LogP contribution < -0.4 is 0 Å². The molecule has 0 heterocycles. The lowest BCUT2D eigenvalue weighted by atomic mass is 9.71. The third-order valence-electron chi connectivity index (χ3n) is 4.04. The van der Waals surface area contributed by atoms with Crippen LogP contribution >= 0.6 is 11.6 Å². The molecule has 2 atom stereocenters. The summed E-state index contributed by atoms with van der Waals surface area (Å²) in [5, 5.41) is 11.1. The van der Waals surface area contributed by atoms with E-state index in [2.05, 4.69) is 4.90 Å². The van der Waals surface area contributed by atoms with Crippen LogP contribution in [0.3, 0.4) is 0 Å². The molecule has 0 spiro atoms. The van der Waals surface area contributed by atoms with Gasteiger partial charge in [-0.1, -0.05) is 30.5 Å². The molecule has 1 aliphatic rings. The fourth-order valence-corrected chi connectivity index (χ4v) is 3.24. The first-order valence-corrected chi connectivity index (χ1v) is 7.14. The zero-order valence-corrected chi connectivity index (χ0v) is 12.3. The number of hydrogen-bond donors (Lipinski definition) is 1. The second-order valence-corrected chi connectivity index (χ2v) is 6.17. The summed E-state index contributed by atoms with van der Waals surface area (Å²) in [6.45, 7) is 0.825. The Hall–Kier alpha value is -0.640. The molecule has 2 nitrogen and oxygen atoms in total. The quantitative estimate of drug-likeness (QED) is 0.920. The molecule has 1 aromatic rings. The molecule has 106 valence electrons. The third-order valence-corrected chi connectivity index (χ3v) is 4.33. The van der Waals surface area contributed by atoms with Crippen molar-refractivity contribution in [3.8, 4) is 0 Å². The molecule has 0 saturated heterocycles. The van der Waals surface area contributed by atoms with Crippen LogP contribution in [-0.2, 0) is 5.60 Å². The first-order chi connectivity index (χ1) is 8.93. The Morgan fingerprint density at radius 1 is 1.42 bits per heavy atom. The highest BCUT2D eigenvalue weighted by Crippen LogP contribution is 2.42. The molecule has 1 N–H and O–H groups in total. The average molecular weight is 286 g/mol. The van der Waals surface area contributed by atoms with Crippen LogP contribution in [0.25, 0.3) is 0 Å². The smallest absolute Gasteiger partial charge is 0.141 e. The summed E-state index contributed by atoms with van der Waals surface area (Å²) < 4.78 is 13.3. The largest absolute Gasteiger partial charge is 0.385 e. The van der Waals surface area contributed by atoms with E-state index in [0.29, 0.717) is 6.42 Å². The van der Waals surface area contributed by atoms with Crippen molar-refractivity contribution in [3.63, 3.8) is 0 Å². The molecule has 2 rings (SSSR count). The van der Waals surface area contributed by atoms with Gasteiger partial charge in [0.1, 0.15) is 5.82 Å². The molecule has 1 aromatic carbocycles. The van der Waals surface area contributed by atoms with E-state index in [1.807, 2.05) is 14.1 Å². The number of benzene rings is 1. The summed E-state index contributed by atoms with van der Waals surface area (Å²) in [5.74, 6) is -0.272. The van der Waals surface area contributed by atoms with E-state index in [4.69, 9.17) is 11.6 Å². The van der Waals surface area contributed by atoms with Crippen molar-refractivity contribution in [1.29, 1.82) is 0 Å². The summed E-state index contributed by atoms with van der Waals surface area (Å²) in [6, 6.07) is 4.58. The number of halogens is 2. The van der Waals surface area contributed by atoms with Gasteiger partial charge in [-0.15, -0.1) is 0 Å². The van der Waals surface area contributed by atoms with Gasteiger partial charge in [-0.05, 0) is 44.6 Å². The van der Waals surface area contributed by atoms with Gasteiger partial charge in [0.25, 0.3) is 0 Å². The normalized spacial score (nSPS) is 27.8. The number of rotatable bonds is 3. The highest BCUT2D eigenvalue weighted by molar-refractivity contribution is 6.30. The Kier molecular flexibility index (Phi) is 4.49. The molecule has 19 heavy (non-hydrogen) atoms. The van der Waals surface area contributed by atoms with Crippen LogP contribution in [0, 0.1) is 11.7 Å². The van der Waals surface area contributed by atoms with Crippen molar-refractivity contribution < 1.29 is 9.50 Å². The molecule has 1 saturated carbocycles. The minimum Gasteiger partial charge on any atom is -0.385 e. The predicted octanol–water partition coefficient (Wildman–Crippen LogP) is 3.42. The van der Waals surface area contributed by atoms with Gasteiger partial charge in [0.2, 0.25) is 0 Å². The number of nitrogens with zero attached hydrogens (tertiary/aromatic N) is 1.